The molecule has 0 saturated heterocycles. The Morgan fingerprint density at radius 3 is 2.24 bits per heavy atom. The molecule has 41 heavy (non-hydrogen) atoms. The quantitative estimate of drug-likeness (QED) is 0.239. The number of carbonyl (C=O) groups excluding carboxylic acids is 1. The van der Waals surface area contributed by atoms with Gasteiger partial charge in [-0.1, -0.05) is 109 Å². The van der Waals surface area contributed by atoms with Gasteiger partial charge in [0.2, 0.25) is 11.9 Å². The minimum Gasteiger partial charge on any atom is -0.293 e. The van der Waals surface area contributed by atoms with Crippen LogP contribution in [0.3, 0.4) is 0 Å². The van der Waals surface area contributed by atoms with Crippen LogP contribution < -0.4 is 5.32 Å². The lowest BCUT2D eigenvalue weighted by atomic mass is 9.47. The summed E-state index contributed by atoms with van der Waals surface area (Å²) in [5.74, 6) is 0.396. The van der Waals surface area contributed by atoms with Gasteiger partial charge in [0, 0.05) is 11.5 Å². The normalized spacial score (nSPS) is 22.1. The molecule has 3 aliphatic rings. The van der Waals surface area contributed by atoms with Gasteiger partial charge >= 0.3 is 0 Å². The highest BCUT2D eigenvalue weighted by atomic mass is 16.2. The molecule has 1 heterocycles. The Labute approximate surface area is 238 Å². The lowest BCUT2D eigenvalue weighted by Gasteiger charge is -2.54. The minimum atomic E-state index is -0.897. The highest BCUT2D eigenvalue weighted by molar-refractivity contribution is 5.96. The zero-order chi connectivity index (χ0) is 28.0. The van der Waals surface area contributed by atoms with E-state index < -0.39 is 10.8 Å². The van der Waals surface area contributed by atoms with Gasteiger partial charge in [-0.15, -0.1) is 5.10 Å². The number of hydrogen-bond acceptors (Lipinski definition) is 4. The van der Waals surface area contributed by atoms with Crippen LogP contribution >= 0.6 is 0 Å². The predicted molar refractivity (Wildman–Crippen MR) is 160 cm³/mol. The number of amides is 1. The third kappa shape index (κ3) is 3.89. The van der Waals surface area contributed by atoms with E-state index in [2.05, 4.69) is 63.0 Å². The van der Waals surface area contributed by atoms with E-state index in [1.54, 1.807) is 0 Å². The molecule has 6 nitrogen and oxygen atoms in total. The summed E-state index contributed by atoms with van der Waals surface area (Å²) in [5, 5.41) is 20.9. The van der Waals surface area contributed by atoms with E-state index in [0.717, 1.165) is 38.9 Å². The minimum absolute atomic E-state index is 0.184. The van der Waals surface area contributed by atoms with Crippen LogP contribution in [-0.2, 0) is 10.2 Å². The standard InChI is InChI=1S/C35H27N5O/c1-34(21-35(22-36)28-16-7-5-14-26(28)30(34)27-15-6-8-17-29(27)35)32(41)38-33-37-31(39-40-33)25-13-9-12-24(20-25)19-18-23-10-3-2-4-11-23/h2-20,30H,21H2,1H3,(H2,37,38,39,40,41)/b19-18+/t30?,34-,35?/m0/s1. The molecule has 0 radical (unpaired) electrons. The van der Waals surface area contributed by atoms with Crippen molar-refractivity contribution in [3.63, 3.8) is 0 Å². The van der Waals surface area contributed by atoms with Gasteiger partial charge in [0.1, 0.15) is 5.41 Å². The molecule has 2 bridgehead atoms. The molecule has 2 N–H and O–H groups in total. The summed E-state index contributed by atoms with van der Waals surface area (Å²) in [6.07, 6.45) is 4.50. The lowest BCUT2D eigenvalue weighted by Crippen LogP contribution is -2.53. The molecule has 3 aliphatic carbocycles. The van der Waals surface area contributed by atoms with Crippen molar-refractivity contribution in [3.05, 3.63) is 137 Å². The maximum absolute atomic E-state index is 14.1. The number of hydrogen-bond donors (Lipinski definition) is 2. The van der Waals surface area contributed by atoms with Gasteiger partial charge in [-0.25, -0.2) is 0 Å². The molecule has 0 fully saturated rings. The van der Waals surface area contributed by atoms with Gasteiger partial charge < -0.3 is 0 Å². The van der Waals surface area contributed by atoms with E-state index in [-0.39, 0.29) is 17.8 Å². The smallest absolute Gasteiger partial charge is 0.249 e. The first kappa shape index (κ1) is 24.7. The Hall–Kier alpha value is -5.28. The SMILES string of the molecule is C[C@]1(C(=O)Nc2n[nH]c(-c3cccc(/C=C/c4ccccc4)c3)n2)CC2(C#N)c3ccccc3C1c1ccccc12. The van der Waals surface area contributed by atoms with Crippen LogP contribution in [0.15, 0.2) is 103 Å². The Kier molecular flexibility index (Phi) is 5.69. The Bertz CT molecular complexity index is 1820. The van der Waals surface area contributed by atoms with Crippen LogP contribution in [0.25, 0.3) is 23.5 Å². The Morgan fingerprint density at radius 1 is 0.902 bits per heavy atom. The van der Waals surface area contributed by atoms with E-state index in [1.165, 1.54) is 0 Å². The van der Waals surface area contributed by atoms with Crippen molar-refractivity contribution >= 4 is 24.0 Å². The summed E-state index contributed by atoms with van der Waals surface area (Å²) >= 11 is 0. The summed E-state index contributed by atoms with van der Waals surface area (Å²) in [6.45, 7) is 1.96. The van der Waals surface area contributed by atoms with Gasteiger partial charge in [0.15, 0.2) is 5.82 Å². The molecule has 1 atom stereocenters. The third-order valence-corrected chi connectivity index (χ3v) is 8.58. The molecule has 1 amide bonds. The van der Waals surface area contributed by atoms with Gasteiger partial charge in [-0.3, -0.25) is 15.2 Å². The fourth-order valence-electron chi connectivity index (χ4n) is 6.73. The zero-order valence-corrected chi connectivity index (χ0v) is 22.5. The molecule has 0 unspecified atom stereocenters. The van der Waals surface area contributed by atoms with E-state index in [1.807, 2.05) is 85.8 Å². The fraction of sp³-hybridized carbons (Fsp3) is 0.143. The van der Waals surface area contributed by atoms with Crippen molar-refractivity contribution in [1.82, 2.24) is 15.2 Å². The molecule has 0 spiro atoms. The Balaban J connectivity index is 1.18. The number of rotatable bonds is 5. The highest BCUT2D eigenvalue weighted by Gasteiger charge is 2.61. The van der Waals surface area contributed by atoms with Crippen molar-refractivity contribution in [3.8, 4) is 17.5 Å². The summed E-state index contributed by atoms with van der Waals surface area (Å²) in [7, 11) is 0. The van der Waals surface area contributed by atoms with Crippen LogP contribution in [0, 0.1) is 16.7 Å². The fourth-order valence-corrected chi connectivity index (χ4v) is 6.73. The summed E-state index contributed by atoms with van der Waals surface area (Å²) in [4.78, 5) is 18.7. The maximum Gasteiger partial charge on any atom is 0.249 e. The molecule has 0 aliphatic heterocycles. The molecule has 198 valence electrons. The molecule has 5 aromatic rings. The number of carbonyl (C=O) groups is 1. The average Bonchev–Trinajstić information content (AvgIpc) is 3.49. The van der Waals surface area contributed by atoms with Crippen molar-refractivity contribution in [2.75, 3.05) is 5.32 Å². The molecule has 8 rings (SSSR count). The first-order valence-corrected chi connectivity index (χ1v) is 13.7. The van der Waals surface area contributed by atoms with Crippen LogP contribution in [0.5, 0.6) is 0 Å². The van der Waals surface area contributed by atoms with E-state index in [9.17, 15) is 10.1 Å². The van der Waals surface area contributed by atoms with Gasteiger partial charge in [-0.2, -0.15) is 10.2 Å². The second-order valence-electron chi connectivity index (χ2n) is 11.1. The monoisotopic (exact) mass is 533 g/mol. The van der Waals surface area contributed by atoms with Gasteiger partial charge in [-0.05, 0) is 52.8 Å². The van der Waals surface area contributed by atoms with Gasteiger partial charge in [0.25, 0.3) is 0 Å². The summed E-state index contributed by atoms with van der Waals surface area (Å²) in [5.41, 5.74) is 5.31. The van der Waals surface area contributed by atoms with Crippen molar-refractivity contribution in [2.45, 2.75) is 24.7 Å². The predicted octanol–water partition coefficient (Wildman–Crippen LogP) is 6.95. The van der Waals surface area contributed by atoms with Crippen molar-refractivity contribution in [2.24, 2.45) is 5.41 Å². The lowest BCUT2D eigenvalue weighted by molar-refractivity contribution is -0.127. The number of benzene rings is 4. The first-order chi connectivity index (χ1) is 20.0. The largest absolute Gasteiger partial charge is 0.293 e. The highest BCUT2D eigenvalue weighted by Crippen LogP contribution is 2.63. The molecule has 4 aromatic carbocycles. The number of nitriles is 1. The van der Waals surface area contributed by atoms with E-state index in [4.69, 9.17) is 0 Å². The van der Waals surface area contributed by atoms with Crippen molar-refractivity contribution < 1.29 is 4.79 Å². The topological polar surface area (TPSA) is 94.5 Å². The second-order valence-corrected chi connectivity index (χ2v) is 11.1. The number of H-pyrrole nitrogens is 1. The summed E-state index contributed by atoms with van der Waals surface area (Å²) in [6, 6.07) is 36.8. The van der Waals surface area contributed by atoms with E-state index in [0.29, 0.717) is 12.2 Å². The maximum atomic E-state index is 14.1. The van der Waals surface area contributed by atoms with Crippen molar-refractivity contribution in [1.29, 1.82) is 5.26 Å². The molecular formula is C35H27N5O. The number of aromatic nitrogens is 3. The number of fused-ring (bicyclic) bond motifs is 1. The number of nitrogens with one attached hydrogen (secondary N) is 2. The zero-order valence-electron chi connectivity index (χ0n) is 22.5. The van der Waals surface area contributed by atoms with Crippen LogP contribution in [0.1, 0.15) is 52.6 Å². The molecule has 0 saturated carbocycles. The number of anilines is 1. The van der Waals surface area contributed by atoms with Crippen LogP contribution in [0.2, 0.25) is 0 Å². The molecular weight excluding hydrogens is 506 g/mol. The molecule has 6 heteroatoms. The average molecular weight is 534 g/mol. The Morgan fingerprint density at radius 2 is 1.54 bits per heavy atom. The second kappa shape index (κ2) is 9.42. The van der Waals surface area contributed by atoms with Crippen LogP contribution in [0.4, 0.5) is 5.95 Å². The third-order valence-electron chi connectivity index (χ3n) is 8.58. The van der Waals surface area contributed by atoms with E-state index >= 15 is 0 Å². The van der Waals surface area contributed by atoms with Gasteiger partial charge in [0.05, 0.1) is 11.5 Å². The number of aromatic amines is 1. The summed E-state index contributed by atoms with van der Waals surface area (Å²) < 4.78 is 0. The van der Waals surface area contributed by atoms with Crippen LogP contribution in [-0.4, -0.2) is 21.1 Å². The number of nitrogens with zero attached hydrogens (tertiary/aromatic N) is 3. The first-order valence-electron chi connectivity index (χ1n) is 13.7. The molecule has 1 aromatic heterocycles.